The first kappa shape index (κ1) is 16.7. The number of benzene rings is 2. The normalized spacial score (nSPS) is 14.9. The van der Waals surface area contributed by atoms with Gasteiger partial charge in [0.25, 0.3) is 5.69 Å². The van der Waals surface area contributed by atoms with Crippen LogP contribution in [0.5, 0.6) is 0 Å². The fourth-order valence-electron chi connectivity index (χ4n) is 2.65. The first-order chi connectivity index (χ1) is 12.1. The van der Waals surface area contributed by atoms with Crippen LogP contribution < -0.4 is 0 Å². The number of aliphatic imine (C=N–C) groups is 2. The molecule has 2 aromatic carbocycles. The zero-order chi connectivity index (χ0) is 17.9. The molecule has 0 N–H and O–H groups in total. The molecule has 6 nitrogen and oxygen atoms in total. The van der Waals surface area contributed by atoms with Gasteiger partial charge in [-0.2, -0.15) is 0 Å². The van der Waals surface area contributed by atoms with Crippen LogP contribution >= 0.6 is 11.6 Å². The Labute approximate surface area is 148 Å². The van der Waals surface area contributed by atoms with Crippen molar-refractivity contribution in [1.82, 2.24) is 0 Å². The minimum absolute atomic E-state index is 0.103. The van der Waals surface area contributed by atoms with E-state index in [4.69, 9.17) is 11.6 Å². The summed E-state index contributed by atoms with van der Waals surface area (Å²) in [6, 6.07) is 11.0. The lowest BCUT2D eigenvalue weighted by Gasteiger charge is -2.26. The molecule has 0 amide bonds. The Hall–Kier alpha value is -3.12. The van der Waals surface area contributed by atoms with Crippen LogP contribution in [0.15, 0.2) is 64.6 Å². The highest BCUT2D eigenvalue weighted by molar-refractivity contribution is 6.33. The number of nitro benzene ring substituents is 1. The predicted molar refractivity (Wildman–Crippen MR) is 96.8 cm³/mol. The topological polar surface area (TPSA) is 84.9 Å². The molecule has 0 saturated carbocycles. The van der Waals surface area contributed by atoms with Gasteiger partial charge in [-0.3, -0.25) is 24.9 Å². The largest absolute Gasteiger partial charge is 0.298 e. The van der Waals surface area contributed by atoms with Crippen molar-refractivity contribution >= 4 is 36.0 Å². The molecule has 0 spiro atoms. The third-order valence-corrected chi connectivity index (χ3v) is 4.14. The van der Waals surface area contributed by atoms with E-state index in [0.29, 0.717) is 23.0 Å². The highest BCUT2D eigenvalue weighted by atomic mass is 35.5. The molecule has 0 radical (unpaired) electrons. The van der Waals surface area contributed by atoms with Gasteiger partial charge in [0.15, 0.2) is 6.29 Å². The van der Waals surface area contributed by atoms with Crippen molar-refractivity contribution < 1.29 is 9.72 Å². The quantitative estimate of drug-likeness (QED) is 0.473. The Morgan fingerprint density at radius 2 is 1.76 bits per heavy atom. The minimum atomic E-state index is -1.36. The highest BCUT2D eigenvalue weighted by Gasteiger charge is 2.38. The summed E-state index contributed by atoms with van der Waals surface area (Å²) in [6.45, 7) is 0. The lowest BCUT2D eigenvalue weighted by molar-refractivity contribution is -0.386. The van der Waals surface area contributed by atoms with Crippen molar-refractivity contribution in [3.63, 3.8) is 0 Å². The van der Waals surface area contributed by atoms with Crippen molar-refractivity contribution in [3.8, 4) is 0 Å². The van der Waals surface area contributed by atoms with E-state index in [9.17, 15) is 14.9 Å². The summed E-state index contributed by atoms with van der Waals surface area (Å²) in [7, 11) is 0. The van der Waals surface area contributed by atoms with Crippen LogP contribution in [-0.2, 0) is 5.66 Å². The molecular weight excluding hydrogens is 342 g/mol. The minimum Gasteiger partial charge on any atom is -0.298 e. The Bertz CT molecular complexity index is 919. The number of para-hydroxylation sites is 1. The van der Waals surface area contributed by atoms with Gasteiger partial charge in [-0.05, 0) is 30.4 Å². The molecule has 1 aliphatic rings. The highest BCUT2D eigenvalue weighted by Crippen LogP contribution is 2.41. The third-order valence-electron chi connectivity index (χ3n) is 3.81. The van der Waals surface area contributed by atoms with Crippen LogP contribution in [0, 0.1) is 10.1 Å². The summed E-state index contributed by atoms with van der Waals surface area (Å²) in [4.78, 5) is 31.0. The third kappa shape index (κ3) is 2.99. The predicted octanol–water partition coefficient (Wildman–Crippen LogP) is 3.97. The number of nitro groups is 1. The Morgan fingerprint density at radius 1 is 1.08 bits per heavy atom. The maximum atomic E-state index is 11.5. The second-order valence-electron chi connectivity index (χ2n) is 5.24. The summed E-state index contributed by atoms with van der Waals surface area (Å²) < 4.78 is 0. The monoisotopic (exact) mass is 353 g/mol. The van der Waals surface area contributed by atoms with Gasteiger partial charge in [0, 0.05) is 29.6 Å². The van der Waals surface area contributed by atoms with Crippen LogP contribution in [0.3, 0.4) is 0 Å². The van der Waals surface area contributed by atoms with Crippen molar-refractivity contribution in [3.05, 3.63) is 86.4 Å². The van der Waals surface area contributed by atoms with Crippen LogP contribution in [0.1, 0.15) is 21.5 Å². The van der Waals surface area contributed by atoms with E-state index in [1.165, 1.54) is 18.5 Å². The van der Waals surface area contributed by atoms with Crippen molar-refractivity contribution in [2.24, 2.45) is 9.98 Å². The fraction of sp³-hybridized carbons (Fsp3) is 0.0556. The number of aldehydes is 1. The molecule has 0 atom stereocenters. The van der Waals surface area contributed by atoms with Crippen LogP contribution in [-0.4, -0.2) is 23.6 Å². The number of carbonyl (C=O) groups is 1. The average Bonchev–Trinajstić information content (AvgIpc) is 2.88. The summed E-state index contributed by atoms with van der Waals surface area (Å²) in [5, 5.41) is 11.7. The molecule has 2 aromatic rings. The van der Waals surface area contributed by atoms with Crippen molar-refractivity contribution in [2.75, 3.05) is 0 Å². The van der Waals surface area contributed by atoms with Gasteiger partial charge in [0.1, 0.15) is 0 Å². The number of halogens is 1. The summed E-state index contributed by atoms with van der Waals surface area (Å²) >= 11 is 6.16. The van der Waals surface area contributed by atoms with Gasteiger partial charge in [0.05, 0.1) is 15.5 Å². The Balaban J connectivity index is 2.32. The number of nitrogens with zero attached hydrogens (tertiary/aromatic N) is 3. The van der Waals surface area contributed by atoms with Gasteiger partial charge in [-0.15, -0.1) is 0 Å². The van der Waals surface area contributed by atoms with E-state index < -0.39 is 10.6 Å². The number of allylic oxidation sites excluding steroid dienone is 2. The van der Waals surface area contributed by atoms with E-state index >= 15 is 0 Å². The Kier molecular flexibility index (Phi) is 4.54. The molecule has 0 aromatic heterocycles. The molecule has 1 aliphatic heterocycles. The maximum Gasteiger partial charge on any atom is 0.277 e. The average molecular weight is 354 g/mol. The van der Waals surface area contributed by atoms with E-state index in [2.05, 4.69) is 9.98 Å². The zero-order valence-corrected chi connectivity index (χ0v) is 13.6. The lowest BCUT2D eigenvalue weighted by atomic mass is 9.90. The molecule has 0 bridgehead atoms. The van der Waals surface area contributed by atoms with E-state index in [0.717, 1.165) is 0 Å². The zero-order valence-electron chi connectivity index (χ0n) is 12.9. The molecule has 7 heteroatoms. The molecule has 3 rings (SSSR count). The first-order valence-electron chi connectivity index (χ1n) is 7.33. The summed E-state index contributed by atoms with van der Waals surface area (Å²) in [5.74, 6) is 0. The van der Waals surface area contributed by atoms with Crippen LogP contribution in [0.25, 0.3) is 0 Å². The number of carbonyl (C=O) groups excluding carboxylic acids is 1. The number of rotatable bonds is 4. The number of hydrogen-bond donors (Lipinski definition) is 0. The van der Waals surface area contributed by atoms with E-state index in [1.54, 1.807) is 48.6 Å². The first-order valence-corrected chi connectivity index (χ1v) is 7.71. The molecule has 0 aliphatic carbocycles. The van der Waals surface area contributed by atoms with Crippen LogP contribution in [0.4, 0.5) is 5.69 Å². The second kappa shape index (κ2) is 6.78. The van der Waals surface area contributed by atoms with Gasteiger partial charge in [-0.25, -0.2) is 0 Å². The maximum absolute atomic E-state index is 11.5. The van der Waals surface area contributed by atoms with E-state index in [1.807, 2.05) is 0 Å². The summed E-state index contributed by atoms with van der Waals surface area (Å²) in [5.41, 5.74) is -0.310. The fourth-order valence-corrected chi connectivity index (χ4v) is 2.87. The van der Waals surface area contributed by atoms with Crippen molar-refractivity contribution in [2.45, 2.75) is 5.66 Å². The smallest absolute Gasteiger partial charge is 0.277 e. The molecule has 1 heterocycles. The SMILES string of the molecule is O=Cc1ccc(C2(c3ccccc3[N+](=O)[O-])N=CC=CC=N2)cc1Cl. The van der Waals surface area contributed by atoms with Gasteiger partial charge in [0.2, 0.25) is 5.66 Å². The molecule has 0 saturated heterocycles. The molecule has 124 valence electrons. The molecule has 0 fully saturated rings. The summed E-state index contributed by atoms with van der Waals surface area (Å²) in [6.07, 6.45) is 7.07. The lowest BCUT2D eigenvalue weighted by Crippen LogP contribution is -2.24. The van der Waals surface area contributed by atoms with Gasteiger partial charge in [-0.1, -0.05) is 29.8 Å². The van der Waals surface area contributed by atoms with Crippen molar-refractivity contribution in [1.29, 1.82) is 0 Å². The van der Waals surface area contributed by atoms with Gasteiger partial charge < -0.3 is 0 Å². The number of hydrogen-bond acceptors (Lipinski definition) is 5. The molecule has 0 unspecified atom stereocenters. The van der Waals surface area contributed by atoms with Crippen LogP contribution in [0.2, 0.25) is 5.02 Å². The molecule has 25 heavy (non-hydrogen) atoms. The standard InChI is InChI=1S/C18H12ClN3O3/c19-16-11-14(8-7-13(16)12-23)18(20-9-3-4-10-21-18)15-5-1-2-6-17(15)22(24)25/h1-12H. The Morgan fingerprint density at radius 3 is 2.36 bits per heavy atom. The van der Waals surface area contributed by atoms with Gasteiger partial charge >= 0.3 is 0 Å². The van der Waals surface area contributed by atoms with E-state index in [-0.39, 0.29) is 10.7 Å². The second-order valence-corrected chi connectivity index (χ2v) is 5.65. The molecular formula is C18H12ClN3O3.